The van der Waals surface area contributed by atoms with Crippen LogP contribution in [0.1, 0.15) is 57.9 Å². The van der Waals surface area contributed by atoms with Gasteiger partial charge in [0, 0.05) is 12.8 Å². The minimum absolute atomic E-state index is 0.0327. The van der Waals surface area contributed by atoms with Crippen molar-refractivity contribution < 1.29 is 14.3 Å². The van der Waals surface area contributed by atoms with Gasteiger partial charge in [-0.2, -0.15) is 0 Å². The Bertz CT molecular complexity index is 535. The van der Waals surface area contributed by atoms with E-state index in [-0.39, 0.29) is 12.0 Å². The Kier molecular flexibility index (Phi) is 6.05. The maximum absolute atomic E-state index is 12.7. The van der Waals surface area contributed by atoms with E-state index in [1.54, 1.807) is 7.11 Å². The summed E-state index contributed by atoms with van der Waals surface area (Å²) in [5.41, 5.74) is 1.15. The molecular weight excluding hydrogens is 290 g/mol. The number of hydrogen-bond acceptors (Lipinski definition) is 3. The van der Waals surface area contributed by atoms with Crippen molar-refractivity contribution in [3.63, 3.8) is 0 Å². The molecule has 1 amide bonds. The third-order valence-electron chi connectivity index (χ3n) is 4.80. The molecule has 1 fully saturated rings. The number of amides is 1. The van der Waals surface area contributed by atoms with Gasteiger partial charge >= 0.3 is 0 Å². The molecule has 0 heterocycles. The highest BCUT2D eigenvalue weighted by Gasteiger charge is 2.39. The summed E-state index contributed by atoms with van der Waals surface area (Å²) >= 11 is 0. The van der Waals surface area contributed by atoms with E-state index in [1.807, 2.05) is 25.1 Å². The monoisotopic (exact) mass is 319 g/mol. The van der Waals surface area contributed by atoms with Gasteiger partial charge in [0.2, 0.25) is 0 Å². The van der Waals surface area contributed by atoms with Gasteiger partial charge in [0.25, 0.3) is 5.91 Å². The Labute approximate surface area is 139 Å². The van der Waals surface area contributed by atoms with Crippen LogP contribution in [-0.4, -0.2) is 24.7 Å². The normalized spacial score (nSPS) is 18.3. The number of carbonyl (C=O) groups excluding carboxylic acids is 1. The maximum Gasteiger partial charge on any atom is 0.256 e. The first-order chi connectivity index (χ1) is 11.0. The summed E-state index contributed by atoms with van der Waals surface area (Å²) in [6.45, 7) is 6.16. The molecule has 4 nitrogen and oxygen atoms in total. The molecule has 1 N–H and O–H groups in total. The second-order valence-corrected chi connectivity index (χ2v) is 6.53. The molecule has 1 atom stereocenters. The lowest BCUT2D eigenvalue weighted by Crippen LogP contribution is -2.46. The van der Waals surface area contributed by atoms with Crippen LogP contribution in [0.3, 0.4) is 0 Å². The molecule has 2 rings (SSSR count). The third kappa shape index (κ3) is 4.25. The van der Waals surface area contributed by atoms with Crippen molar-refractivity contribution in [3.8, 4) is 5.75 Å². The number of ether oxygens (including phenoxy) is 2. The second kappa shape index (κ2) is 7.82. The van der Waals surface area contributed by atoms with E-state index < -0.39 is 5.60 Å². The summed E-state index contributed by atoms with van der Waals surface area (Å²) in [7, 11) is 1.64. The number of aryl methyl sites for hydroxylation is 1. The quantitative estimate of drug-likeness (QED) is 0.842. The van der Waals surface area contributed by atoms with Gasteiger partial charge in [-0.1, -0.05) is 26.2 Å². The fraction of sp³-hybridized carbons (Fsp3) is 0.632. The molecule has 1 aliphatic rings. The summed E-state index contributed by atoms with van der Waals surface area (Å²) in [4.78, 5) is 12.7. The Hall–Kier alpha value is -1.55. The van der Waals surface area contributed by atoms with Gasteiger partial charge in [-0.05, 0) is 56.9 Å². The van der Waals surface area contributed by atoms with E-state index >= 15 is 0 Å². The SMILES string of the molecule is CCC(C)Oc1ccc(NC(=O)C2(OC)CCCCC2)cc1C. The van der Waals surface area contributed by atoms with E-state index in [2.05, 4.69) is 19.2 Å². The van der Waals surface area contributed by atoms with Gasteiger partial charge < -0.3 is 14.8 Å². The summed E-state index contributed by atoms with van der Waals surface area (Å²) < 4.78 is 11.5. The van der Waals surface area contributed by atoms with Gasteiger partial charge in [-0.25, -0.2) is 0 Å². The smallest absolute Gasteiger partial charge is 0.256 e. The molecule has 1 saturated carbocycles. The highest BCUT2D eigenvalue weighted by atomic mass is 16.5. The molecule has 0 bridgehead atoms. The van der Waals surface area contributed by atoms with Crippen LogP contribution < -0.4 is 10.1 Å². The Balaban J connectivity index is 2.07. The number of benzene rings is 1. The first-order valence-electron chi connectivity index (χ1n) is 8.64. The lowest BCUT2D eigenvalue weighted by Gasteiger charge is -2.34. The predicted octanol–water partition coefficient (Wildman–Crippen LogP) is 4.46. The van der Waals surface area contributed by atoms with Crippen molar-refractivity contribution >= 4 is 11.6 Å². The minimum Gasteiger partial charge on any atom is -0.490 e. The zero-order chi connectivity index (χ0) is 16.9. The summed E-state index contributed by atoms with van der Waals surface area (Å²) in [6.07, 6.45) is 6.01. The molecule has 0 aliphatic heterocycles. The Morgan fingerprint density at radius 3 is 2.57 bits per heavy atom. The number of rotatable bonds is 6. The van der Waals surface area contributed by atoms with Crippen molar-refractivity contribution in [1.29, 1.82) is 0 Å². The topological polar surface area (TPSA) is 47.6 Å². The van der Waals surface area contributed by atoms with E-state index in [0.717, 1.165) is 49.1 Å². The molecular formula is C19H29NO3. The van der Waals surface area contributed by atoms with Crippen LogP contribution in [-0.2, 0) is 9.53 Å². The fourth-order valence-corrected chi connectivity index (χ4v) is 3.05. The van der Waals surface area contributed by atoms with Crippen molar-refractivity contribution in [3.05, 3.63) is 23.8 Å². The van der Waals surface area contributed by atoms with Crippen LogP contribution in [0.2, 0.25) is 0 Å². The average molecular weight is 319 g/mol. The van der Waals surface area contributed by atoms with Crippen LogP contribution in [0.5, 0.6) is 5.75 Å². The van der Waals surface area contributed by atoms with Crippen molar-refractivity contribution in [2.75, 3.05) is 12.4 Å². The number of carbonyl (C=O) groups is 1. The van der Waals surface area contributed by atoms with Crippen LogP contribution in [0.25, 0.3) is 0 Å². The molecule has 1 aliphatic carbocycles. The van der Waals surface area contributed by atoms with Crippen LogP contribution >= 0.6 is 0 Å². The van der Waals surface area contributed by atoms with Gasteiger partial charge in [-0.3, -0.25) is 4.79 Å². The molecule has 4 heteroatoms. The average Bonchev–Trinajstić information content (AvgIpc) is 2.57. The van der Waals surface area contributed by atoms with E-state index in [0.29, 0.717) is 0 Å². The summed E-state index contributed by atoms with van der Waals surface area (Å²) in [6, 6.07) is 5.79. The summed E-state index contributed by atoms with van der Waals surface area (Å²) in [5.74, 6) is 0.839. The van der Waals surface area contributed by atoms with Crippen molar-refractivity contribution in [1.82, 2.24) is 0 Å². The largest absolute Gasteiger partial charge is 0.490 e. The van der Waals surface area contributed by atoms with E-state index in [9.17, 15) is 4.79 Å². The van der Waals surface area contributed by atoms with Crippen molar-refractivity contribution in [2.45, 2.75) is 71.0 Å². The van der Waals surface area contributed by atoms with Crippen LogP contribution in [0.4, 0.5) is 5.69 Å². The number of hydrogen-bond donors (Lipinski definition) is 1. The number of anilines is 1. The second-order valence-electron chi connectivity index (χ2n) is 6.53. The highest BCUT2D eigenvalue weighted by Crippen LogP contribution is 2.33. The minimum atomic E-state index is -0.669. The fourth-order valence-electron chi connectivity index (χ4n) is 3.05. The van der Waals surface area contributed by atoms with Gasteiger partial charge in [0.05, 0.1) is 6.10 Å². The molecule has 128 valence electrons. The Morgan fingerprint density at radius 2 is 2.00 bits per heavy atom. The highest BCUT2D eigenvalue weighted by molar-refractivity contribution is 5.97. The number of nitrogens with one attached hydrogen (secondary N) is 1. The van der Waals surface area contributed by atoms with Gasteiger partial charge in [0.1, 0.15) is 11.4 Å². The maximum atomic E-state index is 12.7. The van der Waals surface area contributed by atoms with Crippen molar-refractivity contribution in [2.24, 2.45) is 0 Å². The molecule has 1 aromatic rings. The Morgan fingerprint density at radius 1 is 1.30 bits per heavy atom. The van der Waals surface area contributed by atoms with E-state index in [4.69, 9.17) is 9.47 Å². The molecule has 0 aromatic heterocycles. The number of methoxy groups -OCH3 is 1. The molecule has 0 radical (unpaired) electrons. The molecule has 1 aromatic carbocycles. The lowest BCUT2D eigenvalue weighted by molar-refractivity contribution is -0.141. The molecule has 23 heavy (non-hydrogen) atoms. The van der Waals surface area contributed by atoms with E-state index in [1.165, 1.54) is 6.42 Å². The molecule has 0 spiro atoms. The lowest BCUT2D eigenvalue weighted by atomic mass is 9.84. The van der Waals surface area contributed by atoms with Gasteiger partial charge in [0.15, 0.2) is 0 Å². The molecule has 1 unspecified atom stereocenters. The van der Waals surface area contributed by atoms with Crippen LogP contribution in [0, 0.1) is 6.92 Å². The first kappa shape index (κ1) is 17.8. The zero-order valence-corrected chi connectivity index (χ0v) is 14.8. The standard InChI is InChI=1S/C19H29NO3/c1-5-15(3)23-17-10-9-16(13-14(17)2)20-18(21)19(22-4)11-7-6-8-12-19/h9-10,13,15H,5-8,11-12H2,1-4H3,(H,20,21). The molecule has 0 saturated heterocycles. The summed E-state index contributed by atoms with van der Waals surface area (Å²) in [5, 5.41) is 3.02. The van der Waals surface area contributed by atoms with Crippen LogP contribution in [0.15, 0.2) is 18.2 Å². The zero-order valence-electron chi connectivity index (χ0n) is 14.8. The third-order valence-corrected chi connectivity index (χ3v) is 4.80. The predicted molar refractivity (Wildman–Crippen MR) is 93.0 cm³/mol. The first-order valence-corrected chi connectivity index (χ1v) is 8.64. The van der Waals surface area contributed by atoms with Gasteiger partial charge in [-0.15, -0.1) is 0 Å².